The van der Waals surface area contributed by atoms with E-state index < -0.39 is 0 Å². The molecule has 2 aromatic rings. The number of urea groups is 1. The zero-order chi connectivity index (χ0) is 20.2. The summed E-state index contributed by atoms with van der Waals surface area (Å²) in [4.78, 5) is 30.1. The number of nitrogens with zero attached hydrogens (tertiary/aromatic N) is 2. The first-order valence-electron chi connectivity index (χ1n) is 10.1. The van der Waals surface area contributed by atoms with Gasteiger partial charge in [-0.3, -0.25) is 4.79 Å². The van der Waals surface area contributed by atoms with Crippen LogP contribution in [0.4, 0.5) is 10.5 Å². The zero-order valence-corrected chi connectivity index (χ0v) is 17.1. The van der Waals surface area contributed by atoms with Crippen molar-refractivity contribution >= 4 is 29.2 Å². The van der Waals surface area contributed by atoms with Crippen LogP contribution in [0.15, 0.2) is 54.6 Å². The summed E-state index contributed by atoms with van der Waals surface area (Å²) in [6.07, 6.45) is 0.327. The van der Waals surface area contributed by atoms with Gasteiger partial charge in [0.05, 0.1) is 32.2 Å². The fourth-order valence-corrected chi connectivity index (χ4v) is 4.15. The van der Waals surface area contributed by atoms with Crippen LogP contribution in [-0.2, 0) is 11.3 Å². The van der Waals surface area contributed by atoms with Gasteiger partial charge in [-0.15, -0.1) is 0 Å². The minimum absolute atomic E-state index is 0.0229. The third kappa shape index (κ3) is 4.89. The highest BCUT2D eigenvalue weighted by Crippen LogP contribution is 2.23. The number of nitrogens with one attached hydrogen (secondary N) is 2. The smallest absolute Gasteiger partial charge is 0.318 e. The molecule has 0 unspecified atom stereocenters. The number of hydrogen-bond acceptors (Lipinski definition) is 2. The van der Waals surface area contributed by atoms with Crippen molar-refractivity contribution in [1.82, 2.24) is 10.2 Å². The molecule has 3 amide bonds. The maximum Gasteiger partial charge on any atom is 0.318 e. The summed E-state index contributed by atoms with van der Waals surface area (Å²) in [5.74, 6) is 0.0229. The Bertz CT molecular complexity index is 851. The van der Waals surface area contributed by atoms with Gasteiger partial charge in [-0.05, 0) is 24.3 Å². The van der Waals surface area contributed by atoms with E-state index in [0.29, 0.717) is 18.0 Å². The van der Waals surface area contributed by atoms with Crippen molar-refractivity contribution in [2.45, 2.75) is 19.0 Å². The van der Waals surface area contributed by atoms with Crippen molar-refractivity contribution in [1.29, 1.82) is 0 Å². The maximum atomic E-state index is 12.7. The molecule has 152 valence electrons. The Morgan fingerprint density at radius 2 is 1.76 bits per heavy atom. The highest BCUT2D eigenvalue weighted by molar-refractivity contribution is 6.30. The van der Waals surface area contributed by atoms with E-state index in [-0.39, 0.29) is 18.0 Å². The van der Waals surface area contributed by atoms with E-state index in [4.69, 9.17) is 11.6 Å². The second-order valence-corrected chi connectivity index (χ2v) is 8.17. The van der Waals surface area contributed by atoms with Crippen LogP contribution in [0.1, 0.15) is 12.0 Å². The first-order chi connectivity index (χ1) is 14.1. The Labute approximate surface area is 176 Å². The number of anilines is 1. The Morgan fingerprint density at radius 1 is 1.07 bits per heavy atom. The molecule has 0 radical (unpaired) electrons. The second kappa shape index (κ2) is 8.84. The summed E-state index contributed by atoms with van der Waals surface area (Å²) in [5.41, 5.74) is 2.14. The molecule has 1 atom stereocenters. The van der Waals surface area contributed by atoms with Gasteiger partial charge < -0.3 is 20.0 Å². The van der Waals surface area contributed by atoms with Gasteiger partial charge in [0.15, 0.2) is 0 Å². The lowest BCUT2D eigenvalue weighted by Crippen LogP contribution is -3.13. The third-order valence-corrected chi connectivity index (χ3v) is 5.90. The Balaban J connectivity index is 1.26. The molecule has 29 heavy (non-hydrogen) atoms. The van der Waals surface area contributed by atoms with E-state index in [1.807, 2.05) is 23.1 Å². The zero-order valence-electron chi connectivity index (χ0n) is 16.3. The summed E-state index contributed by atoms with van der Waals surface area (Å²) >= 11 is 5.93. The Morgan fingerprint density at radius 3 is 2.45 bits per heavy atom. The molecule has 4 rings (SSSR count). The predicted octanol–water partition coefficient (Wildman–Crippen LogP) is 1.56. The lowest BCUT2D eigenvalue weighted by Gasteiger charge is -2.33. The summed E-state index contributed by atoms with van der Waals surface area (Å²) in [6.45, 7) is 4.81. The first kappa shape index (κ1) is 19.7. The fourth-order valence-electron chi connectivity index (χ4n) is 4.03. The molecule has 0 aliphatic carbocycles. The average Bonchev–Trinajstić information content (AvgIpc) is 3.10. The number of rotatable bonds is 4. The molecule has 2 aliphatic rings. The van der Waals surface area contributed by atoms with Crippen LogP contribution in [-0.4, -0.2) is 55.6 Å². The highest BCUT2D eigenvalue weighted by atomic mass is 35.5. The van der Waals surface area contributed by atoms with Crippen molar-refractivity contribution in [2.24, 2.45) is 0 Å². The first-order valence-corrected chi connectivity index (χ1v) is 10.4. The number of quaternary nitrogens is 1. The molecule has 0 saturated carbocycles. The van der Waals surface area contributed by atoms with Crippen LogP contribution in [0.2, 0.25) is 5.02 Å². The van der Waals surface area contributed by atoms with Gasteiger partial charge in [0.25, 0.3) is 0 Å². The lowest BCUT2D eigenvalue weighted by molar-refractivity contribution is -0.917. The van der Waals surface area contributed by atoms with E-state index in [1.165, 1.54) is 10.5 Å². The van der Waals surface area contributed by atoms with Crippen LogP contribution < -0.4 is 15.1 Å². The van der Waals surface area contributed by atoms with E-state index in [0.717, 1.165) is 38.4 Å². The average molecular weight is 414 g/mol. The summed E-state index contributed by atoms with van der Waals surface area (Å²) in [6, 6.07) is 17.4. The third-order valence-electron chi connectivity index (χ3n) is 5.65. The molecule has 2 saturated heterocycles. The Hall–Kier alpha value is -2.57. The number of carbonyl (C=O) groups excluding carboxylic acids is 2. The summed E-state index contributed by atoms with van der Waals surface area (Å²) in [5, 5.41) is 3.68. The largest absolute Gasteiger partial charge is 0.333 e. The van der Waals surface area contributed by atoms with E-state index >= 15 is 0 Å². The molecule has 2 aromatic carbocycles. The van der Waals surface area contributed by atoms with Gasteiger partial charge >= 0.3 is 6.03 Å². The van der Waals surface area contributed by atoms with Gasteiger partial charge in [-0.25, -0.2) is 4.79 Å². The van der Waals surface area contributed by atoms with Gasteiger partial charge in [-0.2, -0.15) is 0 Å². The molecule has 0 aromatic heterocycles. The van der Waals surface area contributed by atoms with Crippen molar-refractivity contribution < 1.29 is 14.5 Å². The van der Waals surface area contributed by atoms with Crippen LogP contribution in [0, 0.1) is 0 Å². The molecule has 2 aliphatic heterocycles. The molecule has 2 heterocycles. The molecule has 7 heteroatoms. The van der Waals surface area contributed by atoms with Crippen LogP contribution >= 0.6 is 11.6 Å². The number of amides is 3. The monoisotopic (exact) mass is 413 g/mol. The van der Waals surface area contributed by atoms with Crippen LogP contribution in [0.25, 0.3) is 0 Å². The molecular formula is C22H26ClN4O2+. The Kier molecular flexibility index (Phi) is 6.02. The lowest BCUT2D eigenvalue weighted by atomic mass is 10.2. The number of carbonyl (C=O) groups is 2. The SMILES string of the molecule is O=C(N[C@@H]1CC(=O)N(c2ccc(Cl)cc2)C1)N1CC[NH+](Cc2ccccc2)CC1. The van der Waals surface area contributed by atoms with Crippen molar-refractivity contribution in [3.63, 3.8) is 0 Å². The topological polar surface area (TPSA) is 57.1 Å². The summed E-state index contributed by atoms with van der Waals surface area (Å²) in [7, 11) is 0. The van der Waals surface area contributed by atoms with Gasteiger partial charge in [0.1, 0.15) is 6.54 Å². The highest BCUT2D eigenvalue weighted by Gasteiger charge is 2.33. The molecule has 0 spiro atoms. The molecule has 0 bridgehead atoms. The summed E-state index contributed by atoms with van der Waals surface area (Å²) < 4.78 is 0. The molecule has 2 N–H and O–H groups in total. The number of piperazine rings is 1. The van der Waals surface area contributed by atoms with Crippen molar-refractivity contribution in [3.05, 3.63) is 65.2 Å². The van der Waals surface area contributed by atoms with Gasteiger partial charge in [0.2, 0.25) is 5.91 Å². The number of benzene rings is 2. The van der Waals surface area contributed by atoms with E-state index in [2.05, 4.69) is 29.6 Å². The van der Waals surface area contributed by atoms with Crippen molar-refractivity contribution in [2.75, 3.05) is 37.6 Å². The maximum absolute atomic E-state index is 12.7. The van der Waals surface area contributed by atoms with Crippen molar-refractivity contribution in [3.8, 4) is 0 Å². The molecule has 6 nitrogen and oxygen atoms in total. The fraction of sp³-hybridized carbons (Fsp3) is 0.364. The standard InChI is InChI=1S/C22H25ClN4O2/c23-18-6-8-20(9-7-18)27-16-19(14-21(27)28)24-22(29)26-12-10-25(11-13-26)15-17-4-2-1-3-5-17/h1-9,19H,10-16H2,(H,24,29)/p+1/t19-/m1/s1. The van der Waals surface area contributed by atoms with E-state index in [9.17, 15) is 9.59 Å². The molecular weight excluding hydrogens is 388 g/mol. The number of hydrogen-bond donors (Lipinski definition) is 2. The molecule has 2 fully saturated rings. The van der Waals surface area contributed by atoms with Crippen LogP contribution in [0.3, 0.4) is 0 Å². The second-order valence-electron chi connectivity index (χ2n) is 7.73. The quantitative estimate of drug-likeness (QED) is 0.799. The minimum Gasteiger partial charge on any atom is -0.333 e. The van der Waals surface area contributed by atoms with E-state index in [1.54, 1.807) is 17.0 Å². The van der Waals surface area contributed by atoms with Gasteiger partial charge in [-0.1, -0.05) is 41.9 Å². The predicted molar refractivity (Wildman–Crippen MR) is 113 cm³/mol. The van der Waals surface area contributed by atoms with Crippen LogP contribution in [0.5, 0.6) is 0 Å². The van der Waals surface area contributed by atoms with Gasteiger partial charge in [0, 0.05) is 29.2 Å². The normalized spacial score (nSPS) is 20.2. The number of halogens is 1. The minimum atomic E-state index is -0.166.